The summed E-state index contributed by atoms with van der Waals surface area (Å²) in [5.41, 5.74) is 6.03. The van der Waals surface area contributed by atoms with Crippen LogP contribution in [0.3, 0.4) is 0 Å². The second-order valence-electron chi connectivity index (χ2n) is 6.02. The molecule has 0 aromatic rings. The molecule has 4 nitrogen and oxygen atoms in total. The Labute approximate surface area is 117 Å². The molecular weight excluding hydrogens is 240 g/mol. The molecular formula is C15H30N2O2. The third kappa shape index (κ3) is 3.69. The van der Waals surface area contributed by atoms with Crippen LogP contribution in [0, 0.1) is 5.92 Å². The second kappa shape index (κ2) is 7.58. The van der Waals surface area contributed by atoms with Crippen LogP contribution < -0.4 is 5.73 Å². The van der Waals surface area contributed by atoms with E-state index in [2.05, 4.69) is 4.90 Å². The van der Waals surface area contributed by atoms with Crippen LogP contribution in [-0.2, 0) is 9.47 Å². The van der Waals surface area contributed by atoms with Gasteiger partial charge in [-0.2, -0.15) is 0 Å². The van der Waals surface area contributed by atoms with Gasteiger partial charge in [-0.1, -0.05) is 12.8 Å². The molecule has 1 aliphatic heterocycles. The fraction of sp³-hybridized carbons (Fsp3) is 1.00. The first-order chi connectivity index (χ1) is 9.30. The highest BCUT2D eigenvalue weighted by Crippen LogP contribution is 2.36. The lowest BCUT2D eigenvalue weighted by Crippen LogP contribution is -2.54. The van der Waals surface area contributed by atoms with Crippen molar-refractivity contribution in [2.45, 2.75) is 63.3 Å². The number of ether oxygens (including phenoxy) is 2. The topological polar surface area (TPSA) is 47.7 Å². The highest BCUT2D eigenvalue weighted by atomic mass is 16.7. The van der Waals surface area contributed by atoms with Crippen LogP contribution in [-0.4, -0.2) is 50.6 Å². The molecule has 112 valence electrons. The molecule has 1 aliphatic carbocycles. The highest BCUT2D eigenvalue weighted by molar-refractivity contribution is 4.91. The van der Waals surface area contributed by atoms with Crippen LogP contribution in [0.4, 0.5) is 0 Å². The Morgan fingerprint density at radius 1 is 1.11 bits per heavy atom. The fourth-order valence-electron chi connectivity index (χ4n) is 3.99. The molecule has 4 heteroatoms. The van der Waals surface area contributed by atoms with Gasteiger partial charge in [0, 0.05) is 39.3 Å². The Balaban J connectivity index is 1.99. The van der Waals surface area contributed by atoms with Crippen LogP contribution >= 0.6 is 0 Å². The Bertz CT molecular complexity index is 257. The number of hydrogen-bond donors (Lipinski definition) is 1. The number of rotatable bonds is 6. The highest BCUT2D eigenvalue weighted by Gasteiger charge is 2.36. The summed E-state index contributed by atoms with van der Waals surface area (Å²) in [5.74, 6) is 0.903. The van der Waals surface area contributed by atoms with E-state index in [0.29, 0.717) is 12.6 Å². The van der Waals surface area contributed by atoms with Crippen molar-refractivity contribution in [1.82, 2.24) is 4.90 Å². The van der Waals surface area contributed by atoms with Gasteiger partial charge >= 0.3 is 0 Å². The fourth-order valence-corrected chi connectivity index (χ4v) is 3.99. The minimum atomic E-state index is -0.127. The molecule has 2 N–H and O–H groups in total. The Kier molecular flexibility index (Phi) is 6.07. The molecule has 1 heterocycles. The van der Waals surface area contributed by atoms with Crippen LogP contribution in [0.1, 0.15) is 44.9 Å². The van der Waals surface area contributed by atoms with Crippen LogP contribution in [0.25, 0.3) is 0 Å². The third-order valence-corrected chi connectivity index (χ3v) is 5.02. The molecule has 0 radical (unpaired) electrons. The van der Waals surface area contributed by atoms with E-state index >= 15 is 0 Å². The molecule has 1 saturated heterocycles. The van der Waals surface area contributed by atoms with Gasteiger partial charge in [-0.15, -0.1) is 0 Å². The molecule has 0 spiro atoms. The average molecular weight is 270 g/mol. The minimum Gasteiger partial charge on any atom is -0.356 e. The number of piperidine rings is 1. The van der Waals surface area contributed by atoms with Crippen LogP contribution in [0.5, 0.6) is 0 Å². The Hall–Kier alpha value is -0.160. The van der Waals surface area contributed by atoms with Crippen LogP contribution in [0.2, 0.25) is 0 Å². The Morgan fingerprint density at radius 3 is 2.47 bits per heavy atom. The monoisotopic (exact) mass is 270 g/mol. The lowest BCUT2D eigenvalue weighted by Gasteiger charge is -2.48. The molecule has 0 aromatic carbocycles. The van der Waals surface area contributed by atoms with Gasteiger partial charge < -0.3 is 15.2 Å². The molecule has 1 saturated carbocycles. The number of fused-ring (bicyclic) bond motifs is 1. The molecule has 0 bridgehead atoms. The normalized spacial score (nSPS) is 30.3. The zero-order valence-electron chi connectivity index (χ0n) is 12.5. The predicted molar refractivity (Wildman–Crippen MR) is 77.0 cm³/mol. The number of likely N-dealkylation sites (tertiary alicyclic amines) is 1. The zero-order chi connectivity index (χ0) is 13.7. The quantitative estimate of drug-likeness (QED) is 0.750. The molecule has 1 unspecified atom stereocenters. The molecule has 19 heavy (non-hydrogen) atoms. The lowest BCUT2D eigenvalue weighted by atomic mass is 9.77. The van der Waals surface area contributed by atoms with Gasteiger partial charge in [0.1, 0.15) is 0 Å². The first kappa shape index (κ1) is 15.2. The van der Waals surface area contributed by atoms with E-state index in [9.17, 15) is 0 Å². The first-order valence-corrected chi connectivity index (χ1v) is 7.81. The summed E-state index contributed by atoms with van der Waals surface area (Å²) in [5, 5.41) is 0. The maximum Gasteiger partial charge on any atom is 0.158 e. The summed E-state index contributed by atoms with van der Waals surface area (Å²) in [6.45, 7) is 1.90. The van der Waals surface area contributed by atoms with Gasteiger partial charge in [0.15, 0.2) is 6.29 Å². The summed E-state index contributed by atoms with van der Waals surface area (Å²) in [6, 6.07) is 1.15. The van der Waals surface area contributed by atoms with E-state index in [1.54, 1.807) is 14.2 Å². The first-order valence-electron chi connectivity index (χ1n) is 7.81. The predicted octanol–water partition coefficient (Wildman–Crippen LogP) is 1.98. The largest absolute Gasteiger partial charge is 0.356 e. The van der Waals surface area contributed by atoms with Crippen molar-refractivity contribution in [2.75, 3.05) is 27.3 Å². The van der Waals surface area contributed by atoms with Gasteiger partial charge in [-0.3, -0.25) is 4.90 Å². The summed E-state index contributed by atoms with van der Waals surface area (Å²) in [7, 11) is 3.42. The van der Waals surface area contributed by atoms with E-state index in [1.807, 2.05) is 0 Å². The SMILES string of the molecule is COC(CC(CN)N1CCC[C@H]2CCCC[C@H]21)OC. The average Bonchev–Trinajstić information content (AvgIpc) is 2.48. The van der Waals surface area contributed by atoms with Crippen molar-refractivity contribution in [3.63, 3.8) is 0 Å². The van der Waals surface area contributed by atoms with Crippen molar-refractivity contribution in [2.24, 2.45) is 11.7 Å². The molecule has 0 aromatic heterocycles. The summed E-state index contributed by atoms with van der Waals surface area (Å²) >= 11 is 0. The molecule has 2 fully saturated rings. The second-order valence-corrected chi connectivity index (χ2v) is 6.02. The maximum atomic E-state index is 6.03. The van der Waals surface area contributed by atoms with E-state index < -0.39 is 0 Å². The maximum absolute atomic E-state index is 6.03. The van der Waals surface area contributed by atoms with Gasteiger partial charge in [0.05, 0.1) is 0 Å². The van der Waals surface area contributed by atoms with Gasteiger partial charge in [-0.25, -0.2) is 0 Å². The number of nitrogens with zero attached hydrogens (tertiary/aromatic N) is 1. The Morgan fingerprint density at radius 2 is 1.79 bits per heavy atom. The smallest absolute Gasteiger partial charge is 0.158 e. The van der Waals surface area contributed by atoms with E-state index in [4.69, 9.17) is 15.2 Å². The summed E-state index contributed by atoms with van der Waals surface area (Å²) < 4.78 is 10.7. The van der Waals surface area contributed by atoms with Crippen molar-refractivity contribution in [3.8, 4) is 0 Å². The number of hydrogen-bond acceptors (Lipinski definition) is 4. The van der Waals surface area contributed by atoms with E-state index in [0.717, 1.165) is 18.4 Å². The van der Waals surface area contributed by atoms with Gasteiger partial charge in [0.2, 0.25) is 0 Å². The third-order valence-electron chi connectivity index (χ3n) is 5.02. The summed E-state index contributed by atoms with van der Waals surface area (Å²) in [6.07, 6.45) is 9.05. The van der Waals surface area contributed by atoms with Gasteiger partial charge in [-0.05, 0) is 38.1 Å². The van der Waals surface area contributed by atoms with Crippen LogP contribution in [0.15, 0.2) is 0 Å². The molecule has 0 amide bonds. The van der Waals surface area contributed by atoms with E-state index in [1.165, 1.54) is 45.1 Å². The number of nitrogens with two attached hydrogens (primary N) is 1. The summed E-state index contributed by atoms with van der Waals surface area (Å²) in [4.78, 5) is 2.67. The lowest BCUT2D eigenvalue weighted by molar-refractivity contribution is -0.122. The zero-order valence-corrected chi connectivity index (χ0v) is 12.5. The van der Waals surface area contributed by atoms with Crippen molar-refractivity contribution < 1.29 is 9.47 Å². The van der Waals surface area contributed by atoms with Crippen molar-refractivity contribution >= 4 is 0 Å². The molecule has 3 atom stereocenters. The number of methoxy groups -OCH3 is 2. The standard InChI is InChI=1S/C15H30N2O2/c1-18-15(19-2)10-13(11-16)17-9-5-7-12-6-3-4-8-14(12)17/h12-15H,3-11,16H2,1-2H3/t12-,13?,14-/m1/s1. The van der Waals surface area contributed by atoms with Crippen molar-refractivity contribution in [1.29, 1.82) is 0 Å². The van der Waals surface area contributed by atoms with Gasteiger partial charge in [0.25, 0.3) is 0 Å². The molecule has 2 rings (SSSR count). The minimum absolute atomic E-state index is 0.127. The van der Waals surface area contributed by atoms with E-state index in [-0.39, 0.29) is 6.29 Å². The van der Waals surface area contributed by atoms with Crippen molar-refractivity contribution in [3.05, 3.63) is 0 Å². The molecule has 2 aliphatic rings.